The minimum atomic E-state index is -4.79. The van der Waals surface area contributed by atoms with Crippen LogP contribution < -0.4 is 5.14 Å². The Kier molecular flexibility index (Phi) is 4.42. The lowest BCUT2D eigenvalue weighted by Gasteiger charge is -2.05. The number of nitrogens with two attached hydrogens (primary N) is 1. The monoisotopic (exact) mass is 404 g/mol. The summed E-state index contributed by atoms with van der Waals surface area (Å²) < 4.78 is 62.2. The van der Waals surface area contributed by atoms with Crippen molar-refractivity contribution in [1.82, 2.24) is 25.0 Å². The average Bonchev–Trinajstić information content (AvgIpc) is 3.00. The Morgan fingerprint density at radius 1 is 1.04 bits per heavy atom. The van der Waals surface area contributed by atoms with Crippen molar-refractivity contribution in [2.45, 2.75) is 11.2 Å². The molecule has 0 spiro atoms. The van der Waals surface area contributed by atoms with E-state index in [1.807, 2.05) is 0 Å². The average molecular weight is 405 g/mol. The van der Waals surface area contributed by atoms with E-state index < -0.39 is 27.0 Å². The zero-order valence-corrected chi connectivity index (χ0v) is 14.1. The first-order valence-corrected chi connectivity index (χ1v) is 8.65. The van der Waals surface area contributed by atoms with Crippen LogP contribution in [0.3, 0.4) is 0 Å². The molecule has 3 aromatic rings. The quantitative estimate of drug-likeness (QED) is 0.714. The van der Waals surface area contributed by atoms with Gasteiger partial charge in [0.25, 0.3) is 15.8 Å². The molecule has 0 fully saturated rings. The van der Waals surface area contributed by atoms with Crippen molar-refractivity contribution in [2.24, 2.45) is 5.14 Å². The van der Waals surface area contributed by atoms with E-state index >= 15 is 0 Å². The van der Waals surface area contributed by atoms with Crippen LogP contribution in [0.5, 0.6) is 0 Å². The molecule has 0 amide bonds. The Bertz CT molecular complexity index is 1050. The van der Waals surface area contributed by atoms with Gasteiger partial charge in [-0.05, 0) is 36.4 Å². The van der Waals surface area contributed by atoms with Crippen LogP contribution >= 0.6 is 11.6 Å². The topological polar surface area (TPSA) is 117 Å². The third kappa shape index (κ3) is 3.66. The second-order valence-electron chi connectivity index (χ2n) is 4.95. The highest BCUT2D eigenvalue weighted by atomic mass is 35.5. The minimum absolute atomic E-state index is 0.174. The maximum Gasteiger partial charge on any atom is 0.453 e. The van der Waals surface area contributed by atoms with Gasteiger partial charge in [0, 0.05) is 10.6 Å². The second kappa shape index (κ2) is 6.30. The molecule has 1 aromatic carbocycles. The van der Waals surface area contributed by atoms with Gasteiger partial charge < -0.3 is 0 Å². The lowest BCUT2D eigenvalue weighted by atomic mass is 10.2. The lowest BCUT2D eigenvalue weighted by Crippen LogP contribution is -2.15. The number of rotatable bonds is 3. The van der Waals surface area contributed by atoms with Gasteiger partial charge in [0.1, 0.15) is 0 Å². The van der Waals surface area contributed by atoms with Crippen molar-refractivity contribution in [3.8, 4) is 17.2 Å². The molecule has 0 bridgehead atoms. The van der Waals surface area contributed by atoms with Gasteiger partial charge in [0.05, 0.1) is 0 Å². The van der Waals surface area contributed by atoms with Crippen molar-refractivity contribution in [1.29, 1.82) is 0 Å². The maximum atomic E-state index is 13.0. The highest BCUT2D eigenvalue weighted by Gasteiger charge is 2.37. The smallest absolute Gasteiger partial charge is 0.223 e. The molecule has 136 valence electrons. The number of halogens is 4. The van der Waals surface area contributed by atoms with Gasteiger partial charge in [-0.2, -0.15) is 17.9 Å². The summed E-state index contributed by atoms with van der Waals surface area (Å²) in [4.78, 5) is 3.50. The molecule has 0 atom stereocenters. The van der Waals surface area contributed by atoms with Crippen LogP contribution in [0.25, 0.3) is 17.2 Å². The van der Waals surface area contributed by atoms with Gasteiger partial charge in [0.15, 0.2) is 16.7 Å². The molecule has 0 saturated heterocycles. The molecule has 0 aliphatic rings. The SMILES string of the molecule is NS(=O)(=O)c1ccc(-n2nc(C(F)(F)F)nc2-c2ccc(Cl)cc2)nn1. The molecular formula is C13H8ClF3N6O2S. The predicted octanol–water partition coefficient (Wildman–Crippen LogP) is 2.04. The normalized spacial score (nSPS) is 12.3. The highest BCUT2D eigenvalue weighted by molar-refractivity contribution is 7.89. The molecule has 3 rings (SSSR count). The number of primary sulfonamides is 1. The molecule has 0 unspecified atom stereocenters. The fourth-order valence-electron chi connectivity index (χ4n) is 1.96. The Morgan fingerprint density at radius 3 is 2.19 bits per heavy atom. The fraction of sp³-hybridized carbons (Fsp3) is 0.0769. The minimum Gasteiger partial charge on any atom is -0.223 e. The predicted molar refractivity (Wildman–Crippen MR) is 83.8 cm³/mol. The van der Waals surface area contributed by atoms with Crippen LogP contribution in [0.4, 0.5) is 13.2 Å². The summed E-state index contributed by atoms with van der Waals surface area (Å²) in [6, 6.07) is 7.96. The number of alkyl halides is 3. The van der Waals surface area contributed by atoms with Gasteiger partial charge in [-0.1, -0.05) is 11.6 Å². The zero-order chi connectivity index (χ0) is 19.1. The van der Waals surface area contributed by atoms with E-state index in [4.69, 9.17) is 16.7 Å². The van der Waals surface area contributed by atoms with E-state index in [2.05, 4.69) is 20.3 Å². The molecule has 0 aliphatic carbocycles. The van der Waals surface area contributed by atoms with E-state index in [-0.39, 0.29) is 17.2 Å². The van der Waals surface area contributed by atoms with E-state index in [9.17, 15) is 21.6 Å². The molecule has 0 aliphatic heterocycles. The van der Waals surface area contributed by atoms with Gasteiger partial charge in [-0.25, -0.2) is 18.5 Å². The number of aromatic nitrogens is 5. The number of hydrogen-bond acceptors (Lipinski definition) is 6. The van der Waals surface area contributed by atoms with Crippen LogP contribution in [0.15, 0.2) is 41.4 Å². The van der Waals surface area contributed by atoms with Crippen molar-refractivity contribution in [3.05, 3.63) is 47.2 Å². The molecule has 2 N–H and O–H groups in total. The summed E-state index contributed by atoms with van der Waals surface area (Å²) >= 11 is 5.78. The van der Waals surface area contributed by atoms with Crippen LogP contribution in [0.2, 0.25) is 5.02 Å². The fourth-order valence-corrected chi connectivity index (χ4v) is 2.49. The van der Waals surface area contributed by atoms with Crippen molar-refractivity contribution in [2.75, 3.05) is 0 Å². The molecule has 2 aromatic heterocycles. The molecular weight excluding hydrogens is 397 g/mol. The van der Waals surface area contributed by atoms with E-state index in [1.54, 1.807) is 0 Å². The van der Waals surface area contributed by atoms with Crippen LogP contribution in [0, 0.1) is 0 Å². The van der Waals surface area contributed by atoms with Gasteiger partial charge in [-0.3, -0.25) is 0 Å². The first-order chi connectivity index (χ1) is 12.1. The number of nitrogens with zero attached hydrogens (tertiary/aromatic N) is 5. The summed E-state index contributed by atoms with van der Waals surface area (Å²) in [5.41, 5.74) is 0.287. The lowest BCUT2D eigenvalue weighted by molar-refractivity contribution is -0.144. The summed E-state index contributed by atoms with van der Waals surface area (Å²) in [5, 5.41) is 15.1. The Balaban J connectivity index is 2.16. The molecule has 8 nitrogen and oxygen atoms in total. The van der Waals surface area contributed by atoms with Crippen molar-refractivity contribution in [3.63, 3.8) is 0 Å². The molecule has 26 heavy (non-hydrogen) atoms. The second-order valence-corrected chi connectivity index (χ2v) is 6.89. The van der Waals surface area contributed by atoms with Crippen LogP contribution in [0.1, 0.15) is 5.82 Å². The zero-order valence-electron chi connectivity index (χ0n) is 12.5. The largest absolute Gasteiger partial charge is 0.453 e. The number of sulfonamides is 1. The van der Waals surface area contributed by atoms with Gasteiger partial charge in [0.2, 0.25) is 0 Å². The number of benzene rings is 1. The molecule has 0 radical (unpaired) electrons. The Labute approximate surface area is 149 Å². The summed E-state index contributed by atoms with van der Waals surface area (Å²) in [5.74, 6) is -1.74. The van der Waals surface area contributed by atoms with Crippen molar-refractivity contribution < 1.29 is 21.6 Å². The van der Waals surface area contributed by atoms with E-state index in [1.165, 1.54) is 24.3 Å². The summed E-state index contributed by atoms with van der Waals surface area (Å²) in [7, 11) is -4.10. The summed E-state index contributed by atoms with van der Waals surface area (Å²) in [6.45, 7) is 0. The third-order valence-electron chi connectivity index (χ3n) is 3.10. The Hall–Kier alpha value is -2.57. The molecule has 2 heterocycles. The first-order valence-electron chi connectivity index (χ1n) is 6.73. The third-order valence-corrected chi connectivity index (χ3v) is 4.15. The Morgan fingerprint density at radius 2 is 1.69 bits per heavy atom. The highest BCUT2D eigenvalue weighted by Crippen LogP contribution is 2.30. The summed E-state index contributed by atoms with van der Waals surface area (Å²) in [6.07, 6.45) is -4.79. The standard InChI is InChI=1S/C13H8ClF3N6O2S/c14-8-3-1-7(2-4-8)11-19-12(13(15,16)17)22-23(11)9-5-6-10(21-20-9)26(18,24)25/h1-6H,(H2,18,24,25). The molecule has 13 heteroatoms. The van der Waals surface area contributed by atoms with E-state index in [0.717, 1.165) is 16.8 Å². The van der Waals surface area contributed by atoms with Crippen LogP contribution in [-0.4, -0.2) is 33.4 Å². The van der Waals surface area contributed by atoms with Gasteiger partial charge in [-0.15, -0.1) is 15.3 Å². The van der Waals surface area contributed by atoms with Crippen molar-refractivity contribution >= 4 is 21.6 Å². The van der Waals surface area contributed by atoms with E-state index in [0.29, 0.717) is 5.02 Å². The number of hydrogen-bond donors (Lipinski definition) is 1. The first kappa shape index (κ1) is 18.2. The van der Waals surface area contributed by atoms with Gasteiger partial charge >= 0.3 is 6.18 Å². The molecule has 0 saturated carbocycles. The maximum absolute atomic E-state index is 13.0. The van der Waals surface area contributed by atoms with Crippen LogP contribution in [-0.2, 0) is 16.2 Å².